The predicted octanol–water partition coefficient (Wildman–Crippen LogP) is 6.74. The number of fused-ring (bicyclic) bond motifs is 1. The van der Waals surface area contributed by atoms with Crippen molar-refractivity contribution in [2.24, 2.45) is 0 Å². The van der Waals surface area contributed by atoms with E-state index in [2.05, 4.69) is 77.9 Å². The lowest BCUT2D eigenvalue weighted by Gasteiger charge is -2.29. The molecular weight excluding hydrogens is 344 g/mol. The van der Waals surface area contributed by atoms with Gasteiger partial charge in [0.15, 0.2) is 0 Å². The van der Waals surface area contributed by atoms with Crippen LogP contribution in [0.1, 0.15) is 63.8 Å². The van der Waals surface area contributed by atoms with E-state index in [4.69, 9.17) is 4.74 Å². The summed E-state index contributed by atoms with van der Waals surface area (Å²) in [4.78, 5) is 0. The fraction of sp³-hybridized carbons (Fsp3) is 0.385. The van der Waals surface area contributed by atoms with Crippen LogP contribution in [0.25, 0.3) is 10.8 Å². The van der Waals surface area contributed by atoms with Crippen molar-refractivity contribution in [3.05, 3.63) is 70.8 Å². The summed E-state index contributed by atoms with van der Waals surface area (Å²) < 4.78 is 5.54. The second-order valence-electron chi connectivity index (χ2n) is 9.65. The quantitative estimate of drug-likeness (QED) is 0.548. The third kappa shape index (κ3) is 3.73. The third-order valence-corrected chi connectivity index (χ3v) is 5.40. The molecule has 0 atom stereocenters. The zero-order valence-electron chi connectivity index (χ0n) is 18.2. The molecular formula is C26H32O2. The van der Waals surface area contributed by atoms with E-state index in [0.717, 1.165) is 28.7 Å². The van der Waals surface area contributed by atoms with Crippen LogP contribution in [0.15, 0.2) is 48.5 Å². The van der Waals surface area contributed by atoms with Crippen molar-refractivity contribution >= 4 is 10.8 Å². The first-order valence-electron chi connectivity index (χ1n) is 9.94. The molecule has 0 heterocycles. The molecule has 0 spiro atoms. The Morgan fingerprint density at radius 2 is 1.36 bits per heavy atom. The van der Waals surface area contributed by atoms with E-state index >= 15 is 0 Å². The highest BCUT2D eigenvalue weighted by atomic mass is 16.5. The molecule has 0 fully saturated rings. The summed E-state index contributed by atoms with van der Waals surface area (Å²) in [5, 5.41) is 13.5. The van der Waals surface area contributed by atoms with Crippen molar-refractivity contribution in [3.63, 3.8) is 0 Å². The minimum Gasteiger partial charge on any atom is -0.507 e. The normalized spacial score (nSPS) is 12.4. The lowest BCUT2D eigenvalue weighted by Crippen LogP contribution is -2.19. The highest BCUT2D eigenvalue weighted by Crippen LogP contribution is 2.42. The van der Waals surface area contributed by atoms with Crippen LogP contribution in [-0.4, -0.2) is 12.2 Å². The number of phenolic OH excluding ortho intramolecular Hbond substituents is 1. The fourth-order valence-electron chi connectivity index (χ4n) is 4.09. The minimum absolute atomic E-state index is 0.102. The lowest BCUT2D eigenvalue weighted by atomic mass is 9.76. The van der Waals surface area contributed by atoms with Crippen LogP contribution in [-0.2, 0) is 17.3 Å². The van der Waals surface area contributed by atoms with Crippen LogP contribution in [0.5, 0.6) is 11.5 Å². The van der Waals surface area contributed by atoms with E-state index in [-0.39, 0.29) is 10.8 Å². The summed E-state index contributed by atoms with van der Waals surface area (Å²) in [7, 11) is 1.71. The van der Waals surface area contributed by atoms with E-state index in [9.17, 15) is 5.11 Å². The Hall–Kier alpha value is -2.48. The molecule has 0 aliphatic carbocycles. The molecule has 0 aromatic heterocycles. The number of ether oxygens (including phenoxy) is 1. The highest BCUT2D eigenvalue weighted by molar-refractivity contribution is 5.91. The number of benzene rings is 3. The number of hydrogen-bond donors (Lipinski definition) is 1. The first-order valence-corrected chi connectivity index (χ1v) is 9.94. The zero-order chi connectivity index (χ0) is 20.7. The van der Waals surface area contributed by atoms with Gasteiger partial charge in [-0.2, -0.15) is 0 Å². The fourth-order valence-corrected chi connectivity index (χ4v) is 4.09. The summed E-state index contributed by atoms with van der Waals surface area (Å²) in [5.41, 5.74) is 4.21. The molecule has 28 heavy (non-hydrogen) atoms. The van der Waals surface area contributed by atoms with E-state index in [1.807, 2.05) is 12.1 Å². The lowest BCUT2D eigenvalue weighted by molar-refractivity contribution is 0.419. The molecule has 1 N–H and O–H groups in total. The second-order valence-corrected chi connectivity index (χ2v) is 9.65. The molecule has 2 heteroatoms. The first kappa shape index (κ1) is 20.3. The second kappa shape index (κ2) is 7.16. The Morgan fingerprint density at radius 1 is 0.750 bits per heavy atom. The van der Waals surface area contributed by atoms with Crippen molar-refractivity contribution in [2.75, 3.05) is 7.11 Å². The number of rotatable bonds is 3. The van der Waals surface area contributed by atoms with Crippen LogP contribution in [0.4, 0.5) is 0 Å². The Kier molecular flexibility index (Phi) is 5.18. The van der Waals surface area contributed by atoms with Gasteiger partial charge in [-0.05, 0) is 45.4 Å². The van der Waals surface area contributed by atoms with Gasteiger partial charge in [0, 0.05) is 10.9 Å². The van der Waals surface area contributed by atoms with E-state index in [1.165, 1.54) is 16.5 Å². The molecule has 148 valence electrons. The smallest absolute Gasteiger partial charge is 0.126 e. The standard InChI is InChI=1S/C26H32O2/c1-25(2,3)21-14-12-18(23(24(21)27)26(4,5)6)16-17-13-15-22(28-7)20-11-9-8-10-19(17)20/h8-15,27H,16H2,1-7H3. The van der Waals surface area contributed by atoms with E-state index in [1.54, 1.807) is 7.11 Å². The molecule has 0 bridgehead atoms. The average Bonchev–Trinajstić information content (AvgIpc) is 2.60. The number of aromatic hydroxyl groups is 1. The number of phenols is 1. The van der Waals surface area contributed by atoms with Crippen LogP contribution in [0.2, 0.25) is 0 Å². The van der Waals surface area contributed by atoms with Crippen molar-refractivity contribution in [2.45, 2.75) is 58.8 Å². The number of methoxy groups -OCH3 is 1. The minimum atomic E-state index is -0.150. The maximum Gasteiger partial charge on any atom is 0.126 e. The summed E-state index contributed by atoms with van der Waals surface area (Å²) >= 11 is 0. The van der Waals surface area contributed by atoms with Gasteiger partial charge in [0.1, 0.15) is 11.5 Å². The molecule has 0 aliphatic heterocycles. The SMILES string of the molecule is COc1ccc(Cc2ccc(C(C)(C)C)c(O)c2C(C)(C)C)c2ccccc12. The highest BCUT2D eigenvalue weighted by Gasteiger charge is 2.28. The molecule has 0 saturated heterocycles. The maximum absolute atomic E-state index is 11.2. The van der Waals surface area contributed by atoms with Gasteiger partial charge in [-0.3, -0.25) is 0 Å². The van der Waals surface area contributed by atoms with Gasteiger partial charge in [-0.15, -0.1) is 0 Å². The Balaban J connectivity index is 2.19. The summed E-state index contributed by atoms with van der Waals surface area (Å²) in [5.74, 6) is 1.33. The van der Waals surface area contributed by atoms with E-state index < -0.39 is 0 Å². The van der Waals surface area contributed by atoms with Gasteiger partial charge < -0.3 is 9.84 Å². The monoisotopic (exact) mass is 376 g/mol. The van der Waals surface area contributed by atoms with Crippen molar-refractivity contribution in [1.29, 1.82) is 0 Å². The van der Waals surface area contributed by atoms with Crippen LogP contribution in [0.3, 0.4) is 0 Å². The van der Waals surface area contributed by atoms with Gasteiger partial charge in [-0.1, -0.05) is 84.0 Å². The van der Waals surface area contributed by atoms with Crippen molar-refractivity contribution < 1.29 is 9.84 Å². The topological polar surface area (TPSA) is 29.5 Å². The van der Waals surface area contributed by atoms with Gasteiger partial charge in [0.25, 0.3) is 0 Å². The van der Waals surface area contributed by atoms with Gasteiger partial charge in [0.05, 0.1) is 7.11 Å². The predicted molar refractivity (Wildman–Crippen MR) is 119 cm³/mol. The molecule has 3 rings (SSSR count). The van der Waals surface area contributed by atoms with Crippen LogP contribution in [0, 0.1) is 0 Å². The average molecular weight is 377 g/mol. The molecule has 0 radical (unpaired) electrons. The molecule has 0 amide bonds. The molecule has 3 aromatic rings. The molecule has 0 unspecified atom stereocenters. The van der Waals surface area contributed by atoms with Crippen molar-refractivity contribution in [1.82, 2.24) is 0 Å². The Morgan fingerprint density at radius 3 is 1.93 bits per heavy atom. The number of hydrogen-bond acceptors (Lipinski definition) is 2. The largest absolute Gasteiger partial charge is 0.507 e. The molecule has 2 nitrogen and oxygen atoms in total. The van der Waals surface area contributed by atoms with E-state index in [0.29, 0.717) is 5.75 Å². The van der Waals surface area contributed by atoms with Crippen LogP contribution < -0.4 is 4.74 Å². The Bertz CT molecular complexity index is 1000. The zero-order valence-corrected chi connectivity index (χ0v) is 18.2. The maximum atomic E-state index is 11.2. The van der Waals surface area contributed by atoms with Gasteiger partial charge in [0.2, 0.25) is 0 Å². The molecule has 3 aromatic carbocycles. The van der Waals surface area contributed by atoms with Crippen molar-refractivity contribution in [3.8, 4) is 11.5 Å². The molecule has 0 saturated carbocycles. The van der Waals surface area contributed by atoms with Gasteiger partial charge in [-0.25, -0.2) is 0 Å². The summed E-state index contributed by atoms with van der Waals surface area (Å²) in [6, 6.07) is 16.8. The third-order valence-electron chi connectivity index (χ3n) is 5.40. The Labute approximate surface area is 169 Å². The summed E-state index contributed by atoms with van der Waals surface area (Å²) in [6.07, 6.45) is 0.773. The first-order chi connectivity index (χ1) is 13.0. The van der Waals surface area contributed by atoms with Gasteiger partial charge >= 0.3 is 0 Å². The summed E-state index contributed by atoms with van der Waals surface area (Å²) in [6.45, 7) is 12.9. The van der Waals surface area contributed by atoms with Crippen LogP contribution >= 0.6 is 0 Å². The molecule has 0 aliphatic rings.